The molecular formula is C20H23BrN2O6S. The first kappa shape index (κ1) is 23.8. The van der Waals surface area contributed by atoms with Crippen molar-refractivity contribution in [2.24, 2.45) is 0 Å². The topological polar surface area (TPSA) is 111 Å². The first-order valence-electron chi connectivity index (χ1n) is 9.02. The Balaban J connectivity index is 2.16. The van der Waals surface area contributed by atoms with Crippen LogP contribution in [0.3, 0.4) is 0 Å². The fourth-order valence-electron chi connectivity index (χ4n) is 2.47. The maximum absolute atomic E-state index is 12.6. The summed E-state index contributed by atoms with van der Waals surface area (Å²) in [7, 11) is -2.32. The van der Waals surface area contributed by atoms with Crippen LogP contribution in [0.5, 0.6) is 5.75 Å². The number of methoxy groups -OCH3 is 1. The number of carbonyl (C=O) groups is 2. The zero-order valence-corrected chi connectivity index (χ0v) is 19.3. The fourth-order valence-corrected chi connectivity index (χ4v) is 4.15. The van der Waals surface area contributed by atoms with Crippen molar-refractivity contribution in [2.45, 2.75) is 37.8 Å². The molecule has 0 unspecified atom stereocenters. The molecule has 2 rings (SSSR count). The van der Waals surface area contributed by atoms with Gasteiger partial charge in [0.15, 0.2) is 6.10 Å². The normalized spacial score (nSPS) is 12.3. The lowest BCUT2D eigenvalue weighted by Crippen LogP contribution is -2.31. The van der Waals surface area contributed by atoms with E-state index in [9.17, 15) is 18.0 Å². The zero-order valence-electron chi connectivity index (χ0n) is 16.9. The molecule has 0 aliphatic carbocycles. The second-order valence-corrected chi connectivity index (χ2v) is 9.22. The van der Waals surface area contributed by atoms with Crippen LogP contribution in [-0.2, 0) is 19.6 Å². The molecule has 30 heavy (non-hydrogen) atoms. The maximum Gasteiger partial charge on any atom is 0.340 e. The standard InChI is InChI=1S/C20H23BrN2O6S/c1-12(2)23-30(26,27)14-9-10-16(21)15(11-14)20(25)29-13(3)19(24)22-17-7-5-6-8-18(17)28-4/h5-13,23H,1-4H3,(H,22,24)/t13-/m0/s1. The summed E-state index contributed by atoms with van der Waals surface area (Å²) in [5.41, 5.74) is 0.417. The summed E-state index contributed by atoms with van der Waals surface area (Å²) in [5.74, 6) is -0.942. The smallest absolute Gasteiger partial charge is 0.340 e. The van der Waals surface area contributed by atoms with Gasteiger partial charge in [0.25, 0.3) is 5.91 Å². The van der Waals surface area contributed by atoms with Crippen LogP contribution in [0.1, 0.15) is 31.1 Å². The van der Waals surface area contributed by atoms with Crippen molar-refractivity contribution >= 4 is 43.5 Å². The quantitative estimate of drug-likeness (QED) is 0.540. The molecule has 0 aromatic heterocycles. The molecule has 0 saturated carbocycles. The van der Waals surface area contributed by atoms with E-state index in [1.807, 2.05) is 0 Å². The van der Waals surface area contributed by atoms with Crippen molar-refractivity contribution < 1.29 is 27.5 Å². The van der Waals surface area contributed by atoms with Crippen LogP contribution in [-0.4, -0.2) is 39.5 Å². The number of para-hydroxylation sites is 2. The van der Waals surface area contributed by atoms with Crippen LogP contribution in [0.25, 0.3) is 0 Å². The lowest BCUT2D eigenvalue weighted by molar-refractivity contribution is -0.123. The molecule has 0 radical (unpaired) electrons. The highest BCUT2D eigenvalue weighted by Gasteiger charge is 2.24. The first-order chi connectivity index (χ1) is 14.0. The second-order valence-electron chi connectivity index (χ2n) is 6.65. The van der Waals surface area contributed by atoms with Gasteiger partial charge in [-0.25, -0.2) is 17.9 Å². The van der Waals surface area contributed by atoms with Crippen LogP contribution < -0.4 is 14.8 Å². The fraction of sp³-hybridized carbons (Fsp3) is 0.300. The number of benzene rings is 2. The molecule has 2 aromatic rings. The largest absolute Gasteiger partial charge is 0.495 e. The Hall–Kier alpha value is -2.43. The third-order valence-electron chi connectivity index (χ3n) is 3.88. The molecule has 0 fully saturated rings. The molecule has 1 amide bonds. The number of anilines is 1. The van der Waals surface area contributed by atoms with Crippen LogP contribution in [0.2, 0.25) is 0 Å². The van der Waals surface area contributed by atoms with Gasteiger partial charge in [-0.3, -0.25) is 4.79 Å². The summed E-state index contributed by atoms with van der Waals surface area (Å²) in [5, 5.41) is 2.63. The van der Waals surface area contributed by atoms with Crippen molar-refractivity contribution in [3.63, 3.8) is 0 Å². The van der Waals surface area contributed by atoms with E-state index in [0.717, 1.165) is 0 Å². The monoisotopic (exact) mass is 498 g/mol. The van der Waals surface area contributed by atoms with Crippen LogP contribution >= 0.6 is 15.9 Å². The second kappa shape index (κ2) is 10.1. The van der Waals surface area contributed by atoms with Gasteiger partial charge in [0.05, 0.1) is 23.3 Å². The summed E-state index contributed by atoms with van der Waals surface area (Å²) in [6.07, 6.45) is -1.14. The van der Waals surface area contributed by atoms with Gasteiger partial charge in [-0.1, -0.05) is 12.1 Å². The molecule has 0 heterocycles. The highest BCUT2D eigenvalue weighted by Crippen LogP contribution is 2.25. The summed E-state index contributed by atoms with van der Waals surface area (Å²) >= 11 is 3.22. The number of nitrogens with one attached hydrogen (secondary N) is 2. The van der Waals surface area contributed by atoms with Gasteiger partial charge in [0, 0.05) is 10.5 Å². The third kappa shape index (κ3) is 6.04. The Kier molecular flexibility index (Phi) is 7.99. The Morgan fingerprint density at radius 3 is 2.37 bits per heavy atom. The molecule has 0 spiro atoms. The van der Waals surface area contributed by atoms with E-state index in [4.69, 9.17) is 9.47 Å². The van der Waals surface area contributed by atoms with Crippen molar-refractivity contribution in [1.82, 2.24) is 4.72 Å². The molecule has 2 N–H and O–H groups in total. The molecule has 2 aromatic carbocycles. The number of esters is 1. The molecular weight excluding hydrogens is 476 g/mol. The molecule has 0 saturated heterocycles. The molecule has 0 aliphatic rings. The lowest BCUT2D eigenvalue weighted by Gasteiger charge is -2.16. The van der Waals surface area contributed by atoms with E-state index in [2.05, 4.69) is 26.0 Å². The minimum atomic E-state index is -3.80. The van der Waals surface area contributed by atoms with E-state index >= 15 is 0 Å². The van der Waals surface area contributed by atoms with E-state index in [1.54, 1.807) is 38.1 Å². The molecule has 162 valence electrons. The van der Waals surface area contributed by atoms with E-state index in [0.29, 0.717) is 15.9 Å². The number of ether oxygens (including phenoxy) is 2. The summed E-state index contributed by atoms with van der Waals surface area (Å²) in [6.45, 7) is 4.79. The first-order valence-corrected chi connectivity index (χ1v) is 11.3. The van der Waals surface area contributed by atoms with Crippen LogP contribution in [0.15, 0.2) is 51.8 Å². The summed E-state index contributed by atoms with van der Waals surface area (Å²) in [6, 6.07) is 10.5. The Morgan fingerprint density at radius 2 is 1.73 bits per heavy atom. The number of carbonyl (C=O) groups excluding carboxylic acids is 2. The lowest BCUT2D eigenvalue weighted by atomic mass is 10.2. The number of hydrogen-bond acceptors (Lipinski definition) is 6. The molecule has 1 atom stereocenters. The van der Waals surface area contributed by atoms with Gasteiger partial charge < -0.3 is 14.8 Å². The SMILES string of the molecule is COc1ccccc1NC(=O)[C@H](C)OC(=O)c1cc(S(=O)(=O)NC(C)C)ccc1Br. The zero-order chi connectivity index (χ0) is 22.5. The Labute approximate surface area is 184 Å². The van der Waals surface area contributed by atoms with Crippen molar-refractivity contribution in [3.8, 4) is 5.75 Å². The van der Waals surface area contributed by atoms with Gasteiger partial charge in [-0.15, -0.1) is 0 Å². The van der Waals surface area contributed by atoms with Gasteiger partial charge >= 0.3 is 5.97 Å². The number of sulfonamides is 1. The average molecular weight is 499 g/mol. The molecule has 0 bridgehead atoms. The van der Waals surface area contributed by atoms with Crippen molar-refractivity contribution in [1.29, 1.82) is 0 Å². The maximum atomic E-state index is 12.6. The van der Waals surface area contributed by atoms with E-state index < -0.39 is 28.0 Å². The van der Waals surface area contributed by atoms with Crippen LogP contribution in [0.4, 0.5) is 5.69 Å². The van der Waals surface area contributed by atoms with Gasteiger partial charge in [-0.2, -0.15) is 0 Å². The number of halogens is 1. The van der Waals surface area contributed by atoms with Crippen LogP contribution in [0, 0.1) is 0 Å². The Morgan fingerprint density at radius 1 is 1.07 bits per heavy atom. The van der Waals surface area contributed by atoms with Gasteiger partial charge in [0.2, 0.25) is 10.0 Å². The minimum absolute atomic E-state index is 0.0152. The van der Waals surface area contributed by atoms with E-state index in [-0.39, 0.29) is 16.5 Å². The molecule has 10 heteroatoms. The number of amides is 1. The highest BCUT2D eigenvalue weighted by molar-refractivity contribution is 9.10. The number of rotatable bonds is 8. The predicted octanol–water partition coefficient (Wildman–Crippen LogP) is 3.33. The summed E-state index contributed by atoms with van der Waals surface area (Å²) in [4.78, 5) is 24.9. The predicted molar refractivity (Wildman–Crippen MR) is 116 cm³/mol. The molecule has 0 aliphatic heterocycles. The van der Waals surface area contributed by atoms with Gasteiger partial charge in [0.1, 0.15) is 5.75 Å². The third-order valence-corrected chi connectivity index (χ3v) is 6.22. The summed E-state index contributed by atoms with van der Waals surface area (Å²) < 4.78 is 37.9. The van der Waals surface area contributed by atoms with Gasteiger partial charge in [-0.05, 0) is 67.0 Å². The Bertz CT molecular complexity index is 1040. The number of hydrogen-bond donors (Lipinski definition) is 2. The minimum Gasteiger partial charge on any atom is -0.495 e. The average Bonchev–Trinajstić information content (AvgIpc) is 2.67. The van der Waals surface area contributed by atoms with E-state index in [1.165, 1.54) is 32.2 Å². The highest BCUT2D eigenvalue weighted by atomic mass is 79.9. The van der Waals surface area contributed by atoms with Crippen molar-refractivity contribution in [2.75, 3.05) is 12.4 Å². The molecule has 8 nitrogen and oxygen atoms in total. The van der Waals surface area contributed by atoms with Crippen molar-refractivity contribution in [3.05, 3.63) is 52.5 Å².